The molecule has 0 spiro atoms. The summed E-state index contributed by atoms with van der Waals surface area (Å²) in [5.41, 5.74) is 12.3. The van der Waals surface area contributed by atoms with E-state index in [1.54, 1.807) is 11.3 Å². The quantitative estimate of drug-likeness (QED) is 0.201. The van der Waals surface area contributed by atoms with Crippen LogP contribution in [0.25, 0.3) is 39.0 Å². The summed E-state index contributed by atoms with van der Waals surface area (Å²) in [5, 5.41) is 13.3. The van der Waals surface area contributed by atoms with Crippen LogP contribution in [0.2, 0.25) is 0 Å². The van der Waals surface area contributed by atoms with Crippen molar-refractivity contribution in [1.29, 1.82) is 0 Å². The van der Waals surface area contributed by atoms with E-state index in [0.717, 1.165) is 63.1 Å². The summed E-state index contributed by atoms with van der Waals surface area (Å²) >= 11 is 1.70. The van der Waals surface area contributed by atoms with Gasteiger partial charge in [-0.15, -0.1) is 0 Å². The lowest BCUT2D eigenvalue weighted by atomic mass is 9.99. The highest BCUT2D eigenvalue weighted by atomic mass is 32.1. The van der Waals surface area contributed by atoms with E-state index >= 15 is 0 Å². The summed E-state index contributed by atoms with van der Waals surface area (Å²) in [5.74, 6) is 0. The number of H-pyrrole nitrogens is 2. The van der Waals surface area contributed by atoms with Crippen molar-refractivity contribution in [3.63, 3.8) is 0 Å². The Kier molecular flexibility index (Phi) is 6.59. The van der Waals surface area contributed by atoms with Crippen molar-refractivity contribution in [2.45, 2.75) is 19.8 Å². The van der Waals surface area contributed by atoms with Gasteiger partial charge in [0.25, 0.3) is 0 Å². The predicted molar refractivity (Wildman–Crippen MR) is 159 cm³/mol. The summed E-state index contributed by atoms with van der Waals surface area (Å²) in [6.07, 6.45) is 9.78. The lowest BCUT2D eigenvalue weighted by Gasteiger charge is -2.06. The first-order valence-corrected chi connectivity index (χ1v) is 13.7. The van der Waals surface area contributed by atoms with Gasteiger partial charge in [-0.1, -0.05) is 55.1 Å². The third-order valence-electron chi connectivity index (χ3n) is 6.91. The van der Waals surface area contributed by atoms with E-state index in [9.17, 15) is 0 Å². The van der Waals surface area contributed by atoms with Gasteiger partial charge in [0.05, 0.1) is 11.2 Å². The molecule has 0 aliphatic rings. The molecule has 38 heavy (non-hydrogen) atoms. The van der Waals surface area contributed by atoms with E-state index in [-0.39, 0.29) is 0 Å². The Morgan fingerprint density at radius 3 is 2.63 bits per heavy atom. The summed E-state index contributed by atoms with van der Waals surface area (Å²) in [4.78, 5) is 8.13. The van der Waals surface area contributed by atoms with Gasteiger partial charge >= 0.3 is 0 Å². The van der Waals surface area contributed by atoms with Crippen LogP contribution in [0, 0.1) is 6.92 Å². The summed E-state index contributed by atoms with van der Waals surface area (Å²) in [7, 11) is 0. The average Bonchev–Trinajstić information content (AvgIpc) is 3.71. The topological polar surface area (TPSA) is 57.4 Å². The first kappa shape index (κ1) is 23.9. The molecule has 6 aromatic rings. The zero-order valence-corrected chi connectivity index (χ0v) is 22.1. The molecule has 0 unspecified atom stereocenters. The Morgan fingerprint density at radius 1 is 0.947 bits per heavy atom. The number of thiophene rings is 1. The molecule has 0 saturated heterocycles. The minimum absolute atomic E-state index is 0.910. The molecular formula is C33H28N4S. The van der Waals surface area contributed by atoms with Crippen molar-refractivity contribution in [2.75, 3.05) is 0 Å². The van der Waals surface area contributed by atoms with E-state index in [4.69, 9.17) is 5.10 Å². The van der Waals surface area contributed by atoms with E-state index < -0.39 is 0 Å². The zero-order chi connectivity index (χ0) is 25.9. The summed E-state index contributed by atoms with van der Waals surface area (Å²) in [6, 6.07) is 23.6. The Bertz CT molecular complexity index is 1740. The molecule has 4 heterocycles. The van der Waals surface area contributed by atoms with Gasteiger partial charge in [-0.05, 0) is 88.7 Å². The largest absolute Gasteiger partial charge is 0.357 e. The number of aryl methyl sites for hydroxylation is 3. The first-order valence-electron chi connectivity index (χ1n) is 12.7. The number of hydrogen-bond acceptors (Lipinski definition) is 3. The number of nitrogens with one attached hydrogen (secondary N) is 2. The van der Waals surface area contributed by atoms with Crippen LogP contribution < -0.4 is 0 Å². The number of rotatable bonds is 8. The maximum Gasteiger partial charge on any atom is 0.116 e. The van der Waals surface area contributed by atoms with Gasteiger partial charge < -0.3 is 4.98 Å². The fourth-order valence-corrected chi connectivity index (χ4v) is 5.61. The molecule has 4 aromatic heterocycles. The molecule has 186 valence electrons. The second-order valence-electron chi connectivity index (χ2n) is 9.45. The van der Waals surface area contributed by atoms with Crippen LogP contribution in [0.3, 0.4) is 0 Å². The second-order valence-corrected chi connectivity index (χ2v) is 10.2. The van der Waals surface area contributed by atoms with Gasteiger partial charge in [0.15, 0.2) is 0 Å². The van der Waals surface area contributed by atoms with E-state index in [0.29, 0.717) is 0 Å². The third kappa shape index (κ3) is 4.76. The van der Waals surface area contributed by atoms with Gasteiger partial charge in [0.1, 0.15) is 5.69 Å². The average molecular weight is 513 g/mol. The van der Waals surface area contributed by atoms with Crippen LogP contribution in [-0.4, -0.2) is 20.2 Å². The van der Waals surface area contributed by atoms with Gasteiger partial charge in [-0.25, -0.2) is 0 Å². The molecule has 4 nitrogen and oxygen atoms in total. The molecule has 0 radical (unpaired) electrons. The Hall–Kier alpha value is -4.48. The minimum atomic E-state index is 0.910. The van der Waals surface area contributed by atoms with Gasteiger partial charge in [-0.3, -0.25) is 10.1 Å². The molecular weight excluding hydrogens is 484 g/mol. The maximum absolute atomic E-state index is 4.69. The van der Waals surface area contributed by atoms with Crippen LogP contribution in [0.15, 0.2) is 109 Å². The lowest BCUT2D eigenvalue weighted by Crippen LogP contribution is -1.93. The fraction of sp³-hybridized carbons (Fsp3) is 0.0909. The number of hydrogen-bond donors (Lipinski definition) is 2. The monoisotopic (exact) mass is 512 g/mol. The van der Waals surface area contributed by atoms with Crippen molar-refractivity contribution in [3.8, 4) is 22.5 Å². The SMILES string of the molecule is C=C/C=C(/c1ccsc1)c1cc(-c2n[nH]c3ccc(-c4cncc(CCc5ccccc5)c4)cc23)[nH]c1C. The number of nitrogens with zero attached hydrogens (tertiary/aromatic N) is 2. The van der Waals surface area contributed by atoms with Crippen molar-refractivity contribution in [1.82, 2.24) is 20.2 Å². The van der Waals surface area contributed by atoms with Crippen molar-refractivity contribution < 1.29 is 0 Å². The van der Waals surface area contributed by atoms with Gasteiger partial charge in [0.2, 0.25) is 0 Å². The van der Waals surface area contributed by atoms with Crippen LogP contribution in [0.1, 0.15) is 27.9 Å². The number of pyridine rings is 1. The molecule has 0 atom stereocenters. The number of aromatic nitrogens is 4. The number of fused-ring (bicyclic) bond motifs is 1. The van der Waals surface area contributed by atoms with Crippen LogP contribution in [-0.2, 0) is 12.8 Å². The Morgan fingerprint density at radius 2 is 1.82 bits per heavy atom. The number of allylic oxidation sites excluding steroid dienone is 2. The lowest BCUT2D eigenvalue weighted by molar-refractivity contribution is 0.950. The normalized spacial score (nSPS) is 11.8. The Balaban J connectivity index is 1.33. The minimum Gasteiger partial charge on any atom is -0.357 e. The third-order valence-corrected chi connectivity index (χ3v) is 7.60. The van der Waals surface area contributed by atoms with Gasteiger partial charge in [0, 0.05) is 34.6 Å². The molecule has 0 fully saturated rings. The molecule has 6 rings (SSSR count). The molecule has 0 aliphatic heterocycles. The van der Waals surface area contributed by atoms with Crippen LogP contribution in [0.4, 0.5) is 0 Å². The fourth-order valence-electron chi connectivity index (χ4n) is 4.96. The highest BCUT2D eigenvalue weighted by molar-refractivity contribution is 7.08. The smallest absolute Gasteiger partial charge is 0.116 e. The number of benzene rings is 2. The van der Waals surface area contributed by atoms with Gasteiger partial charge in [-0.2, -0.15) is 16.4 Å². The highest BCUT2D eigenvalue weighted by Crippen LogP contribution is 2.35. The molecule has 5 heteroatoms. The number of aromatic amines is 2. The predicted octanol–water partition coefficient (Wildman–Crippen LogP) is 8.39. The molecule has 2 aromatic carbocycles. The van der Waals surface area contributed by atoms with Crippen LogP contribution >= 0.6 is 11.3 Å². The first-order chi connectivity index (χ1) is 18.7. The molecule has 0 saturated carbocycles. The maximum atomic E-state index is 4.69. The highest BCUT2D eigenvalue weighted by Gasteiger charge is 2.16. The van der Waals surface area contributed by atoms with E-state index in [2.05, 4.69) is 112 Å². The van der Waals surface area contributed by atoms with Crippen molar-refractivity contribution in [2.24, 2.45) is 0 Å². The van der Waals surface area contributed by atoms with Crippen molar-refractivity contribution in [3.05, 3.63) is 137 Å². The van der Waals surface area contributed by atoms with E-state index in [1.165, 1.54) is 16.7 Å². The van der Waals surface area contributed by atoms with E-state index in [1.807, 2.05) is 18.5 Å². The standard InChI is InChI=1S/C33H28N4S/c1-3-7-28(26-14-15-38-21-26)29-18-32(35-22(29)2)33-30-17-25(12-13-31(30)36-37-33)27-16-24(19-34-20-27)11-10-23-8-5-4-6-9-23/h3-9,12-21,35H,1,10-11H2,2H3,(H,36,37)/b28-7-. The molecule has 0 bridgehead atoms. The van der Waals surface area contributed by atoms with Crippen molar-refractivity contribution >= 4 is 27.8 Å². The summed E-state index contributed by atoms with van der Waals surface area (Å²) in [6.45, 7) is 6.04. The zero-order valence-electron chi connectivity index (χ0n) is 21.2. The Labute approximate surface area is 226 Å². The van der Waals surface area contributed by atoms with Crippen LogP contribution in [0.5, 0.6) is 0 Å². The molecule has 2 N–H and O–H groups in total. The molecule has 0 amide bonds. The molecule has 0 aliphatic carbocycles. The summed E-state index contributed by atoms with van der Waals surface area (Å²) < 4.78 is 0. The second kappa shape index (κ2) is 10.5.